The van der Waals surface area contributed by atoms with E-state index < -0.39 is 15.6 Å². The first kappa shape index (κ1) is 15.7. The Morgan fingerprint density at radius 1 is 1.29 bits per heavy atom. The number of alkyl halides is 3. The Bertz CT molecular complexity index is 441. The molecule has 0 radical (unpaired) electrons. The van der Waals surface area contributed by atoms with E-state index in [0.29, 0.717) is 0 Å². The minimum atomic E-state index is -6.09. The first-order valence-corrected chi connectivity index (χ1v) is 5.53. The Hall–Kier alpha value is -1.35. The van der Waals surface area contributed by atoms with Crippen molar-refractivity contribution in [3.05, 3.63) is 30.1 Å². The molecular weight excluding hydrogens is 263 g/mol. The lowest BCUT2D eigenvalue weighted by molar-refractivity contribution is -0.885. The van der Waals surface area contributed by atoms with Crippen molar-refractivity contribution >= 4 is 10.1 Å². The van der Waals surface area contributed by atoms with E-state index in [0.717, 1.165) is 0 Å². The lowest BCUT2D eigenvalue weighted by Gasteiger charge is -2.08. The molecule has 0 atom stereocenters. The summed E-state index contributed by atoms with van der Waals surface area (Å²) in [7, 11) is -4.46. The molecule has 1 rings (SSSR count). The van der Waals surface area contributed by atoms with E-state index in [9.17, 15) is 13.2 Å². The molecular formula is C8H10F3NO4S. The second-order valence-corrected chi connectivity index (χ2v) is 4.19. The van der Waals surface area contributed by atoms with Gasteiger partial charge in [-0.15, -0.1) is 0 Å². The van der Waals surface area contributed by atoms with Crippen molar-refractivity contribution in [1.82, 2.24) is 0 Å². The van der Waals surface area contributed by atoms with Crippen molar-refractivity contribution in [3.8, 4) is 0 Å². The molecule has 1 aromatic rings. The van der Waals surface area contributed by atoms with Crippen LogP contribution in [-0.4, -0.2) is 25.6 Å². The molecule has 0 amide bonds. The summed E-state index contributed by atoms with van der Waals surface area (Å²) >= 11 is 0. The third-order valence-corrected chi connectivity index (χ3v) is 2.03. The van der Waals surface area contributed by atoms with E-state index in [1.807, 2.05) is 31.5 Å². The van der Waals surface area contributed by atoms with Crippen LogP contribution in [0.3, 0.4) is 0 Å². The highest BCUT2D eigenvalue weighted by Crippen LogP contribution is 2.20. The van der Waals surface area contributed by atoms with E-state index in [2.05, 4.69) is 0 Å². The predicted octanol–water partition coefficient (Wildman–Crippen LogP) is 0.392. The van der Waals surface area contributed by atoms with E-state index in [4.69, 9.17) is 17.8 Å². The topological polar surface area (TPSA) is 70.3 Å². The first-order chi connectivity index (χ1) is 7.58. The Labute approximate surface area is 96.2 Å². The summed E-state index contributed by atoms with van der Waals surface area (Å²) in [6.07, 6.45) is 3.74. The summed E-state index contributed by atoms with van der Waals surface area (Å²) in [4.78, 5) is 4.89. The molecule has 1 aromatic heterocycles. The fourth-order valence-electron chi connectivity index (χ4n) is 0.609. The summed E-state index contributed by atoms with van der Waals surface area (Å²) < 4.78 is 60.5. The third kappa shape index (κ3) is 6.07. The van der Waals surface area contributed by atoms with Gasteiger partial charge in [-0.3, -0.25) is 4.84 Å². The molecule has 0 saturated heterocycles. The van der Waals surface area contributed by atoms with Gasteiger partial charge in [0.1, 0.15) is 7.11 Å². The molecule has 0 aromatic carbocycles. The van der Waals surface area contributed by atoms with Crippen molar-refractivity contribution in [3.63, 3.8) is 0 Å². The Balaban J connectivity index is 0.000000304. The van der Waals surface area contributed by atoms with Crippen LogP contribution in [0.2, 0.25) is 0 Å². The Kier molecular flexibility index (Phi) is 5.36. The summed E-state index contributed by atoms with van der Waals surface area (Å²) in [6.45, 7) is 2.04. The van der Waals surface area contributed by atoms with Crippen LogP contribution in [0.4, 0.5) is 13.2 Å². The van der Waals surface area contributed by atoms with Crippen molar-refractivity contribution in [1.29, 1.82) is 0 Å². The van der Waals surface area contributed by atoms with Crippen LogP contribution in [0.1, 0.15) is 5.56 Å². The predicted molar refractivity (Wildman–Crippen MR) is 49.6 cm³/mol. The molecule has 5 nitrogen and oxygen atoms in total. The molecule has 17 heavy (non-hydrogen) atoms. The number of aryl methyl sites for hydroxylation is 1. The highest BCUT2D eigenvalue weighted by Gasteiger charge is 2.36. The van der Waals surface area contributed by atoms with Crippen molar-refractivity contribution in [2.45, 2.75) is 12.4 Å². The van der Waals surface area contributed by atoms with E-state index >= 15 is 0 Å². The summed E-state index contributed by atoms with van der Waals surface area (Å²) in [5.74, 6) is 0. The second-order valence-electron chi connectivity index (χ2n) is 2.82. The molecule has 98 valence electrons. The number of halogens is 3. The highest BCUT2D eigenvalue weighted by molar-refractivity contribution is 7.86. The van der Waals surface area contributed by atoms with Gasteiger partial charge in [0.15, 0.2) is 10.1 Å². The zero-order valence-corrected chi connectivity index (χ0v) is 9.75. The molecule has 0 fully saturated rings. The van der Waals surface area contributed by atoms with E-state index in [-0.39, 0.29) is 0 Å². The number of rotatable bonds is 1. The van der Waals surface area contributed by atoms with Gasteiger partial charge in [0.25, 0.3) is 0 Å². The van der Waals surface area contributed by atoms with Gasteiger partial charge < -0.3 is 4.55 Å². The number of hydrogen-bond donors (Lipinski definition) is 0. The van der Waals surface area contributed by atoms with Crippen LogP contribution >= 0.6 is 0 Å². The molecule has 0 aliphatic rings. The summed E-state index contributed by atoms with van der Waals surface area (Å²) in [6, 6.07) is 3.98. The van der Waals surface area contributed by atoms with Crippen LogP contribution in [0.25, 0.3) is 0 Å². The largest absolute Gasteiger partial charge is 0.741 e. The number of hydrogen-bond acceptors (Lipinski definition) is 4. The molecule has 9 heteroatoms. The fraction of sp³-hybridized carbons (Fsp3) is 0.375. The smallest absolute Gasteiger partial charge is 0.485 e. The SMILES string of the molecule is CO[n+]1ccc(C)cc1.O=S(=O)([O-])C(F)(F)F. The third-order valence-electron chi connectivity index (χ3n) is 1.46. The first-order valence-electron chi connectivity index (χ1n) is 4.12. The Morgan fingerprint density at radius 3 is 1.88 bits per heavy atom. The zero-order valence-electron chi connectivity index (χ0n) is 8.93. The van der Waals surface area contributed by atoms with Gasteiger partial charge >= 0.3 is 5.51 Å². The van der Waals surface area contributed by atoms with Crippen LogP contribution < -0.4 is 9.57 Å². The van der Waals surface area contributed by atoms with E-state index in [1.54, 1.807) is 11.8 Å². The number of pyridine rings is 1. The molecule has 0 aliphatic carbocycles. The molecule has 0 unspecified atom stereocenters. The van der Waals surface area contributed by atoms with Crippen LogP contribution in [0.5, 0.6) is 0 Å². The quantitative estimate of drug-likeness (QED) is 0.421. The van der Waals surface area contributed by atoms with Gasteiger partial charge in [-0.25, -0.2) is 8.42 Å². The normalized spacial score (nSPS) is 11.4. The van der Waals surface area contributed by atoms with Gasteiger partial charge in [0, 0.05) is 16.9 Å². The maximum atomic E-state index is 10.7. The maximum Gasteiger partial charge on any atom is 0.485 e. The van der Waals surface area contributed by atoms with Crippen molar-refractivity contribution in [2.24, 2.45) is 0 Å². The van der Waals surface area contributed by atoms with Crippen molar-refractivity contribution < 1.29 is 35.7 Å². The second kappa shape index (κ2) is 5.82. The zero-order chi connectivity index (χ0) is 13.7. The monoisotopic (exact) mass is 273 g/mol. The molecule has 0 N–H and O–H groups in total. The van der Waals surface area contributed by atoms with Gasteiger partial charge in [0.2, 0.25) is 12.4 Å². The molecule has 0 aliphatic heterocycles. The fourth-order valence-corrected chi connectivity index (χ4v) is 0.609. The average molecular weight is 273 g/mol. The molecule has 0 saturated carbocycles. The lowest BCUT2D eigenvalue weighted by atomic mass is 10.3. The van der Waals surface area contributed by atoms with Crippen LogP contribution in [0, 0.1) is 6.92 Å². The Morgan fingerprint density at radius 2 is 1.65 bits per heavy atom. The maximum absolute atomic E-state index is 10.7. The minimum absolute atomic E-state index is 1.24. The van der Waals surface area contributed by atoms with Crippen LogP contribution in [0.15, 0.2) is 24.5 Å². The van der Waals surface area contributed by atoms with E-state index in [1.165, 1.54) is 5.56 Å². The minimum Gasteiger partial charge on any atom is -0.741 e. The van der Waals surface area contributed by atoms with Gasteiger partial charge in [0.05, 0.1) is 0 Å². The van der Waals surface area contributed by atoms with Gasteiger partial charge in [-0.1, -0.05) is 0 Å². The average Bonchev–Trinajstić information content (AvgIpc) is 2.17. The van der Waals surface area contributed by atoms with Crippen LogP contribution in [-0.2, 0) is 10.1 Å². The van der Waals surface area contributed by atoms with Gasteiger partial charge in [-0.05, 0) is 12.5 Å². The molecule has 1 heterocycles. The summed E-state index contributed by atoms with van der Waals surface area (Å²) in [5.41, 5.74) is -4.41. The molecule has 0 spiro atoms. The highest BCUT2D eigenvalue weighted by atomic mass is 32.2. The molecule has 0 bridgehead atoms. The summed E-state index contributed by atoms with van der Waals surface area (Å²) in [5, 5.41) is 0. The van der Waals surface area contributed by atoms with Crippen molar-refractivity contribution in [2.75, 3.05) is 7.11 Å². The number of nitrogens with zero attached hydrogens (tertiary/aromatic N) is 1. The number of aromatic nitrogens is 1. The standard InChI is InChI=1S/C7H10NO.CHF3O3S/c1-7-3-5-8(9-2)6-4-7;2-1(3,4)8(5,6)7/h3-6H,1-2H3;(H,5,6,7)/q+1;/p-1. The lowest BCUT2D eigenvalue weighted by Crippen LogP contribution is -2.39. The van der Waals surface area contributed by atoms with Gasteiger partial charge in [-0.2, -0.15) is 13.2 Å².